The van der Waals surface area contributed by atoms with Gasteiger partial charge in [-0.25, -0.2) is 0 Å². The van der Waals surface area contributed by atoms with Crippen molar-refractivity contribution in [2.75, 3.05) is 0 Å². The summed E-state index contributed by atoms with van der Waals surface area (Å²) in [5.74, 6) is 0.681. The Labute approximate surface area is 93.4 Å². The van der Waals surface area contributed by atoms with E-state index >= 15 is 0 Å². The van der Waals surface area contributed by atoms with Crippen molar-refractivity contribution in [3.05, 3.63) is 33.9 Å². The fourth-order valence-electron chi connectivity index (χ4n) is 1.80. The smallest absolute Gasteiger partial charge is 0.272 e. The van der Waals surface area contributed by atoms with Crippen molar-refractivity contribution in [3.63, 3.8) is 0 Å². The lowest BCUT2D eigenvalue weighted by atomic mass is 9.90. The predicted octanol–water partition coefficient (Wildman–Crippen LogP) is 1.77. The van der Waals surface area contributed by atoms with Gasteiger partial charge in [-0.3, -0.25) is 10.1 Å². The Kier molecular flexibility index (Phi) is 2.78. The van der Waals surface area contributed by atoms with Gasteiger partial charge in [0, 0.05) is 17.7 Å². The molecule has 1 aromatic rings. The van der Waals surface area contributed by atoms with Crippen molar-refractivity contribution in [1.82, 2.24) is 0 Å². The van der Waals surface area contributed by atoms with Crippen LogP contribution in [0.3, 0.4) is 0 Å². The Bertz CT molecular complexity index is 414. The van der Waals surface area contributed by atoms with E-state index in [1.165, 1.54) is 6.07 Å². The number of benzene rings is 1. The predicted molar refractivity (Wildman–Crippen MR) is 59.5 cm³/mol. The largest absolute Gasteiger partial charge is 0.490 e. The minimum absolute atomic E-state index is 0.123. The summed E-state index contributed by atoms with van der Waals surface area (Å²) in [6, 6.07) is 5.05. The highest BCUT2D eigenvalue weighted by atomic mass is 16.6. The zero-order chi connectivity index (χ0) is 11.7. The van der Waals surface area contributed by atoms with Gasteiger partial charge in [0.15, 0.2) is 0 Å². The van der Waals surface area contributed by atoms with Crippen LogP contribution in [0.4, 0.5) is 5.69 Å². The van der Waals surface area contributed by atoms with E-state index in [2.05, 4.69) is 0 Å². The van der Waals surface area contributed by atoms with E-state index in [0.717, 1.165) is 12.8 Å². The van der Waals surface area contributed by atoms with Crippen molar-refractivity contribution in [2.45, 2.75) is 31.9 Å². The third-order valence-electron chi connectivity index (χ3n) is 2.80. The molecule has 0 radical (unpaired) electrons. The maximum absolute atomic E-state index is 10.6. The molecule has 0 aliphatic heterocycles. The van der Waals surface area contributed by atoms with Crippen molar-refractivity contribution in [3.8, 4) is 5.75 Å². The number of aryl methyl sites for hydroxylation is 1. The Morgan fingerprint density at radius 3 is 2.69 bits per heavy atom. The quantitative estimate of drug-likeness (QED) is 0.624. The number of nitrogens with two attached hydrogens (primary N) is 1. The lowest BCUT2D eigenvalue weighted by Crippen LogP contribution is -2.43. The standard InChI is InChI=1S/C11H14N2O3/c1-7-4-9(2-3-11(7)13(14)15)16-10-5-8(12)6-10/h2-4,8,10H,5-6,12H2,1H3. The van der Waals surface area contributed by atoms with Crippen LogP contribution in [0.15, 0.2) is 18.2 Å². The highest BCUT2D eigenvalue weighted by Crippen LogP contribution is 2.28. The minimum atomic E-state index is -0.391. The summed E-state index contributed by atoms with van der Waals surface area (Å²) < 4.78 is 5.63. The Balaban J connectivity index is 2.06. The first-order chi connectivity index (χ1) is 7.56. The van der Waals surface area contributed by atoms with Gasteiger partial charge < -0.3 is 10.5 Å². The number of rotatable bonds is 3. The van der Waals surface area contributed by atoms with Crippen LogP contribution in [0.25, 0.3) is 0 Å². The van der Waals surface area contributed by atoms with Crippen LogP contribution in [-0.4, -0.2) is 17.1 Å². The monoisotopic (exact) mass is 222 g/mol. The summed E-state index contributed by atoms with van der Waals surface area (Å²) in [7, 11) is 0. The molecule has 5 heteroatoms. The van der Waals surface area contributed by atoms with E-state index < -0.39 is 4.92 Å². The number of hydrogen-bond donors (Lipinski definition) is 1. The second kappa shape index (κ2) is 4.09. The van der Waals surface area contributed by atoms with Crippen LogP contribution in [0, 0.1) is 17.0 Å². The van der Waals surface area contributed by atoms with E-state index in [1.54, 1.807) is 19.1 Å². The molecule has 0 amide bonds. The first-order valence-corrected chi connectivity index (χ1v) is 5.23. The van der Waals surface area contributed by atoms with Gasteiger partial charge in [0.25, 0.3) is 5.69 Å². The number of nitrogens with zero attached hydrogens (tertiary/aromatic N) is 1. The molecule has 0 bridgehead atoms. The Morgan fingerprint density at radius 1 is 1.50 bits per heavy atom. The van der Waals surface area contributed by atoms with Gasteiger partial charge in [-0.15, -0.1) is 0 Å². The maximum atomic E-state index is 10.6. The van der Waals surface area contributed by atoms with Crippen molar-refractivity contribution in [1.29, 1.82) is 0 Å². The van der Waals surface area contributed by atoms with E-state index in [1.807, 2.05) is 0 Å². The summed E-state index contributed by atoms with van der Waals surface area (Å²) in [6.45, 7) is 1.71. The van der Waals surface area contributed by atoms with Gasteiger partial charge >= 0.3 is 0 Å². The fourth-order valence-corrected chi connectivity index (χ4v) is 1.80. The highest BCUT2D eigenvalue weighted by Gasteiger charge is 2.27. The molecule has 86 valence electrons. The molecular formula is C11H14N2O3. The molecular weight excluding hydrogens is 208 g/mol. The normalized spacial score (nSPS) is 23.6. The first-order valence-electron chi connectivity index (χ1n) is 5.23. The molecule has 1 fully saturated rings. The van der Waals surface area contributed by atoms with Gasteiger partial charge in [0.05, 0.1) is 4.92 Å². The van der Waals surface area contributed by atoms with Crippen LogP contribution in [0.2, 0.25) is 0 Å². The number of ether oxygens (including phenoxy) is 1. The summed E-state index contributed by atoms with van der Waals surface area (Å²) in [5.41, 5.74) is 6.39. The third-order valence-corrected chi connectivity index (χ3v) is 2.80. The van der Waals surface area contributed by atoms with Crippen LogP contribution < -0.4 is 10.5 Å². The first kappa shape index (κ1) is 10.9. The summed E-state index contributed by atoms with van der Waals surface area (Å²) in [6.07, 6.45) is 1.88. The van der Waals surface area contributed by atoms with Gasteiger partial charge in [0.2, 0.25) is 0 Å². The Hall–Kier alpha value is -1.62. The number of nitro groups is 1. The Morgan fingerprint density at radius 2 is 2.19 bits per heavy atom. The van der Waals surface area contributed by atoms with Crippen molar-refractivity contribution in [2.24, 2.45) is 5.73 Å². The topological polar surface area (TPSA) is 78.4 Å². The van der Waals surface area contributed by atoms with Crippen LogP contribution in [0.5, 0.6) is 5.75 Å². The third kappa shape index (κ3) is 2.14. The van der Waals surface area contributed by atoms with Crippen LogP contribution >= 0.6 is 0 Å². The zero-order valence-electron chi connectivity index (χ0n) is 9.05. The molecule has 2 rings (SSSR count). The van der Waals surface area contributed by atoms with Crippen molar-refractivity contribution < 1.29 is 9.66 Å². The summed E-state index contributed by atoms with van der Waals surface area (Å²) in [5, 5.41) is 10.6. The molecule has 0 atom stereocenters. The molecule has 16 heavy (non-hydrogen) atoms. The molecule has 0 unspecified atom stereocenters. The van der Waals surface area contributed by atoms with E-state index in [9.17, 15) is 10.1 Å². The molecule has 5 nitrogen and oxygen atoms in total. The van der Waals surface area contributed by atoms with E-state index in [4.69, 9.17) is 10.5 Å². The zero-order valence-corrected chi connectivity index (χ0v) is 9.05. The minimum Gasteiger partial charge on any atom is -0.490 e. The number of nitro benzene ring substituents is 1. The lowest BCUT2D eigenvalue weighted by Gasteiger charge is -2.32. The maximum Gasteiger partial charge on any atom is 0.272 e. The fraction of sp³-hybridized carbons (Fsp3) is 0.455. The summed E-state index contributed by atoms with van der Waals surface area (Å²) in [4.78, 5) is 10.2. The number of hydrogen-bond acceptors (Lipinski definition) is 4. The molecule has 0 heterocycles. The molecule has 1 aromatic carbocycles. The van der Waals surface area contributed by atoms with E-state index in [0.29, 0.717) is 11.3 Å². The van der Waals surface area contributed by atoms with E-state index in [-0.39, 0.29) is 17.8 Å². The molecule has 1 saturated carbocycles. The molecule has 0 saturated heterocycles. The SMILES string of the molecule is Cc1cc(OC2CC(N)C2)ccc1[N+](=O)[O-]. The van der Waals surface area contributed by atoms with Gasteiger partial charge in [-0.1, -0.05) is 0 Å². The van der Waals surface area contributed by atoms with Gasteiger partial charge in [-0.05, 0) is 31.9 Å². The molecule has 2 N–H and O–H groups in total. The molecule has 0 aromatic heterocycles. The average molecular weight is 222 g/mol. The van der Waals surface area contributed by atoms with Crippen molar-refractivity contribution >= 4 is 5.69 Å². The molecule has 1 aliphatic rings. The lowest BCUT2D eigenvalue weighted by molar-refractivity contribution is -0.385. The molecule has 1 aliphatic carbocycles. The van der Waals surface area contributed by atoms with Gasteiger partial charge in [-0.2, -0.15) is 0 Å². The van der Waals surface area contributed by atoms with Crippen LogP contribution in [0.1, 0.15) is 18.4 Å². The second-order valence-corrected chi connectivity index (χ2v) is 4.18. The van der Waals surface area contributed by atoms with Crippen LogP contribution in [-0.2, 0) is 0 Å². The average Bonchev–Trinajstić information content (AvgIpc) is 2.15. The second-order valence-electron chi connectivity index (χ2n) is 4.18. The summed E-state index contributed by atoms with van der Waals surface area (Å²) >= 11 is 0. The van der Waals surface area contributed by atoms with Gasteiger partial charge in [0.1, 0.15) is 11.9 Å². The molecule has 0 spiro atoms. The highest BCUT2D eigenvalue weighted by molar-refractivity contribution is 5.44.